The van der Waals surface area contributed by atoms with E-state index in [-0.39, 0.29) is 17.1 Å². The first-order chi connectivity index (χ1) is 16.9. The van der Waals surface area contributed by atoms with Crippen LogP contribution in [-0.4, -0.2) is 64.3 Å². The summed E-state index contributed by atoms with van der Waals surface area (Å²) in [5.41, 5.74) is -0.0689. The topological polar surface area (TPSA) is 106 Å². The molecule has 0 aliphatic rings. The van der Waals surface area contributed by atoms with Gasteiger partial charge in [-0.15, -0.1) is 0 Å². The molecule has 0 saturated heterocycles. The van der Waals surface area contributed by atoms with Gasteiger partial charge in [0.25, 0.3) is 5.91 Å². The number of benzene rings is 1. The summed E-state index contributed by atoms with van der Waals surface area (Å²) in [6.45, 7) is 7.38. The van der Waals surface area contributed by atoms with Gasteiger partial charge in [0, 0.05) is 19.8 Å². The molecule has 0 radical (unpaired) electrons. The van der Waals surface area contributed by atoms with Gasteiger partial charge in [0.05, 0.1) is 49.1 Å². The van der Waals surface area contributed by atoms with E-state index in [0.717, 1.165) is 37.9 Å². The standard InChI is InChI=1S/C23H29F2N7O3/c1-5-31(6-2)7-8-32-13-15(10-29-32)30-23-27-11-16(12-28-23)35-14-18-20(24)17(22(33)26-3)9-19(34-4)21(18)25/h9-13H,5-8,14H2,1-4H3,(H,26,33)(H,27,28,30). The van der Waals surface area contributed by atoms with Crippen molar-refractivity contribution < 1.29 is 23.0 Å². The van der Waals surface area contributed by atoms with Gasteiger partial charge in [-0.1, -0.05) is 13.8 Å². The van der Waals surface area contributed by atoms with Crippen molar-refractivity contribution in [3.8, 4) is 11.5 Å². The Morgan fingerprint density at radius 1 is 1.14 bits per heavy atom. The Kier molecular flexibility index (Phi) is 8.90. The second-order valence-corrected chi connectivity index (χ2v) is 7.49. The zero-order valence-electron chi connectivity index (χ0n) is 20.1. The van der Waals surface area contributed by atoms with E-state index in [1.807, 2.05) is 10.9 Å². The molecule has 0 aliphatic heterocycles. The summed E-state index contributed by atoms with van der Waals surface area (Å²) in [6.07, 6.45) is 6.27. The third kappa shape index (κ3) is 6.41. The van der Waals surface area contributed by atoms with Crippen LogP contribution in [0.4, 0.5) is 20.4 Å². The molecular formula is C23H29F2N7O3. The van der Waals surface area contributed by atoms with Crippen LogP contribution in [0.5, 0.6) is 11.5 Å². The molecule has 2 N–H and O–H groups in total. The van der Waals surface area contributed by atoms with Crippen LogP contribution in [0, 0.1) is 11.6 Å². The molecule has 0 fully saturated rings. The van der Waals surface area contributed by atoms with Crippen molar-refractivity contribution in [1.82, 2.24) is 30.0 Å². The summed E-state index contributed by atoms with van der Waals surface area (Å²) in [7, 11) is 2.57. The minimum Gasteiger partial charge on any atom is -0.494 e. The van der Waals surface area contributed by atoms with E-state index in [0.29, 0.717) is 5.95 Å². The summed E-state index contributed by atoms with van der Waals surface area (Å²) in [6, 6.07) is 1.00. The third-order valence-corrected chi connectivity index (χ3v) is 5.39. The summed E-state index contributed by atoms with van der Waals surface area (Å²) >= 11 is 0. The van der Waals surface area contributed by atoms with Crippen LogP contribution in [0.3, 0.4) is 0 Å². The fourth-order valence-corrected chi connectivity index (χ4v) is 3.31. The van der Waals surface area contributed by atoms with Gasteiger partial charge in [-0.05, 0) is 19.2 Å². The van der Waals surface area contributed by atoms with E-state index in [1.54, 1.807) is 6.20 Å². The number of ether oxygens (including phenoxy) is 2. The Bertz CT molecular complexity index is 1130. The molecule has 10 nitrogen and oxygen atoms in total. The number of anilines is 2. The predicted molar refractivity (Wildman–Crippen MR) is 126 cm³/mol. The van der Waals surface area contributed by atoms with Crippen LogP contribution in [0.1, 0.15) is 29.8 Å². The zero-order valence-corrected chi connectivity index (χ0v) is 20.1. The molecule has 1 amide bonds. The van der Waals surface area contributed by atoms with Crippen LogP contribution < -0.4 is 20.1 Å². The van der Waals surface area contributed by atoms with Gasteiger partial charge in [-0.25, -0.2) is 18.7 Å². The summed E-state index contributed by atoms with van der Waals surface area (Å²) in [5.74, 6) is -2.46. The number of halogens is 2. The largest absolute Gasteiger partial charge is 0.494 e. The Labute approximate surface area is 202 Å². The van der Waals surface area contributed by atoms with Crippen LogP contribution in [0.2, 0.25) is 0 Å². The summed E-state index contributed by atoms with van der Waals surface area (Å²) < 4.78 is 41.6. The van der Waals surface area contributed by atoms with Gasteiger partial charge >= 0.3 is 0 Å². The van der Waals surface area contributed by atoms with Gasteiger partial charge in [0.15, 0.2) is 17.3 Å². The SMILES string of the molecule is CCN(CC)CCn1cc(Nc2ncc(OCc3c(F)c(OC)cc(C(=O)NC)c3F)cn2)cn1. The first-order valence-electron chi connectivity index (χ1n) is 11.1. The number of hydrogen-bond acceptors (Lipinski definition) is 8. The van der Waals surface area contributed by atoms with Crippen molar-refractivity contribution in [3.63, 3.8) is 0 Å². The maximum Gasteiger partial charge on any atom is 0.254 e. The zero-order chi connectivity index (χ0) is 25.4. The summed E-state index contributed by atoms with van der Waals surface area (Å²) in [5, 5.41) is 9.68. The smallest absolute Gasteiger partial charge is 0.254 e. The molecule has 0 bridgehead atoms. The highest BCUT2D eigenvalue weighted by atomic mass is 19.1. The molecule has 188 valence electrons. The fourth-order valence-electron chi connectivity index (χ4n) is 3.31. The first kappa shape index (κ1) is 25.8. The van der Waals surface area contributed by atoms with Gasteiger partial charge in [-0.3, -0.25) is 9.48 Å². The lowest BCUT2D eigenvalue weighted by molar-refractivity contribution is 0.0958. The molecule has 0 atom stereocenters. The van der Waals surface area contributed by atoms with E-state index in [2.05, 4.69) is 44.4 Å². The Balaban J connectivity index is 1.63. The normalized spacial score (nSPS) is 10.9. The number of carbonyl (C=O) groups is 1. The minimum absolute atomic E-state index is 0.189. The average Bonchev–Trinajstić information content (AvgIpc) is 3.32. The van der Waals surface area contributed by atoms with Gasteiger partial charge in [0.2, 0.25) is 5.95 Å². The van der Waals surface area contributed by atoms with Crippen molar-refractivity contribution in [2.45, 2.75) is 27.0 Å². The van der Waals surface area contributed by atoms with Crippen molar-refractivity contribution in [1.29, 1.82) is 0 Å². The van der Waals surface area contributed by atoms with Gasteiger partial charge < -0.3 is 25.0 Å². The first-order valence-corrected chi connectivity index (χ1v) is 11.1. The third-order valence-electron chi connectivity index (χ3n) is 5.39. The molecule has 12 heteroatoms. The molecule has 0 unspecified atom stereocenters. The highest BCUT2D eigenvalue weighted by molar-refractivity contribution is 5.95. The van der Waals surface area contributed by atoms with Crippen molar-refractivity contribution >= 4 is 17.5 Å². The molecule has 2 heterocycles. The number of likely N-dealkylation sites (N-methyl/N-ethyl adjacent to an activating group) is 1. The lowest BCUT2D eigenvalue weighted by atomic mass is 10.1. The second kappa shape index (κ2) is 12.1. The number of hydrogen-bond donors (Lipinski definition) is 2. The van der Waals surface area contributed by atoms with Crippen molar-refractivity contribution in [2.75, 3.05) is 39.1 Å². The number of aromatic nitrogens is 4. The average molecular weight is 490 g/mol. The van der Waals surface area contributed by atoms with E-state index >= 15 is 0 Å². The Morgan fingerprint density at radius 2 is 1.86 bits per heavy atom. The molecule has 3 aromatic rings. The lowest BCUT2D eigenvalue weighted by Crippen LogP contribution is -2.27. The highest BCUT2D eigenvalue weighted by Crippen LogP contribution is 2.28. The number of nitrogens with one attached hydrogen (secondary N) is 2. The monoisotopic (exact) mass is 489 g/mol. The number of methoxy groups -OCH3 is 1. The molecule has 35 heavy (non-hydrogen) atoms. The number of nitrogens with zero attached hydrogens (tertiary/aromatic N) is 5. The van der Waals surface area contributed by atoms with Crippen LogP contribution in [-0.2, 0) is 13.2 Å². The molecule has 0 spiro atoms. The van der Waals surface area contributed by atoms with E-state index < -0.39 is 29.7 Å². The molecule has 0 saturated carbocycles. The van der Waals surface area contributed by atoms with Crippen molar-refractivity contribution in [2.24, 2.45) is 0 Å². The Hall–Kier alpha value is -3.80. The summed E-state index contributed by atoms with van der Waals surface area (Å²) in [4.78, 5) is 22.6. The number of carbonyl (C=O) groups excluding carboxylic acids is 1. The van der Waals surface area contributed by atoms with Crippen LogP contribution >= 0.6 is 0 Å². The van der Waals surface area contributed by atoms with Crippen LogP contribution in [0.15, 0.2) is 30.9 Å². The molecule has 1 aromatic carbocycles. The van der Waals surface area contributed by atoms with E-state index in [1.165, 1.54) is 26.6 Å². The van der Waals surface area contributed by atoms with Crippen molar-refractivity contribution in [3.05, 3.63) is 53.6 Å². The molecular weight excluding hydrogens is 460 g/mol. The van der Waals surface area contributed by atoms with E-state index in [4.69, 9.17) is 9.47 Å². The van der Waals surface area contributed by atoms with Gasteiger partial charge in [-0.2, -0.15) is 5.10 Å². The maximum atomic E-state index is 14.7. The fraction of sp³-hybridized carbons (Fsp3) is 0.391. The van der Waals surface area contributed by atoms with E-state index in [9.17, 15) is 13.6 Å². The molecule has 0 aliphatic carbocycles. The van der Waals surface area contributed by atoms with Gasteiger partial charge in [0.1, 0.15) is 12.4 Å². The number of amides is 1. The van der Waals surface area contributed by atoms with Crippen LogP contribution in [0.25, 0.3) is 0 Å². The minimum atomic E-state index is -1.03. The second-order valence-electron chi connectivity index (χ2n) is 7.49. The predicted octanol–water partition coefficient (Wildman–Crippen LogP) is 2.98. The molecule has 2 aromatic heterocycles. The highest BCUT2D eigenvalue weighted by Gasteiger charge is 2.23. The Morgan fingerprint density at radius 3 is 2.49 bits per heavy atom. The number of rotatable bonds is 12. The quantitative estimate of drug-likeness (QED) is 0.400. The lowest BCUT2D eigenvalue weighted by Gasteiger charge is -2.17. The molecule has 3 rings (SSSR count). The maximum absolute atomic E-state index is 14.7.